The first-order valence-corrected chi connectivity index (χ1v) is 8.33. The van der Waals surface area contributed by atoms with Crippen LogP contribution in [0.2, 0.25) is 5.02 Å². The van der Waals surface area contributed by atoms with E-state index in [0.29, 0.717) is 24.7 Å². The van der Waals surface area contributed by atoms with E-state index in [0.717, 1.165) is 11.1 Å². The Kier molecular flexibility index (Phi) is 6.95. The molecule has 0 unspecified atom stereocenters. The minimum absolute atomic E-state index is 0.101. The maximum absolute atomic E-state index is 12.9. The van der Waals surface area contributed by atoms with Crippen molar-refractivity contribution in [2.45, 2.75) is 19.9 Å². The third kappa shape index (κ3) is 6.55. The van der Waals surface area contributed by atoms with E-state index in [4.69, 9.17) is 11.6 Å². The second-order valence-corrected chi connectivity index (χ2v) is 6.16. The van der Waals surface area contributed by atoms with Crippen molar-refractivity contribution in [1.82, 2.24) is 10.2 Å². The fourth-order valence-electron chi connectivity index (χ4n) is 2.34. The first kappa shape index (κ1) is 18.9. The Morgan fingerprint density at radius 3 is 2.24 bits per heavy atom. The zero-order valence-electron chi connectivity index (χ0n) is 14.0. The van der Waals surface area contributed by atoms with Gasteiger partial charge in [-0.3, -0.25) is 9.59 Å². The fraction of sp³-hybridized carbons (Fsp3) is 0.263. The number of amides is 2. The molecule has 0 aromatic heterocycles. The molecule has 132 valence electrons. The average Bonchev–Trinajstić information content (AvgIpc) is 2.57. The molecule has 0 heterocycles. The van der Waals surface area contributed by atoms with Gasteiger partial charge < -0.3 is 10.2 Å². The highest BCUT2D eigenvalue weighted by Crippen LogP contribution is 2.10. The minimum atomic E-state index is -0.312. The van der Waals surface area contributed by atoms with Gasteiger partial charge >= 0.3 is 0 Å². The van der Waals surface area contributed by atoms with E-state index in [2.05, 4.69) is 5.32 Å². The standard InChI is InChI=1S/C19H20ClFN2O2/c1-14(24)23(13-16-4-8-18(21)9-5-16)11-10-22-19(25)12-15-2-6-17(20)7-3-15/h2-9H,10-13H2,1H3,(H,22,25). The molecule has 2 rings (SSSR count). The summed E-state index contributed by atoms with van der Waals surface area (Å²) in [6, 6.07) is 13.1. The van der Waals surface area contributed by atoms with Gasteiger partial charge in [0.2, 0.25) is 11.8 Å². The van der Waals surface area contributed by atoms with Crippen molar-refractivity contribution in [2.24, 2.45) is 0 Å². The Morgan fingerprint density at radius 2 is 1.64 bits per heavy atom. The third-order valence-corrected chi connectivity index (χ3v) is 3.97. The summed E-state index contributed by atoms with van der Waals surface area (Å²) >= 11 is 5.81. The lowest BCUT2D eigenvalue weighted by atomic mass is 10.1. The van der Waals surface area contributed by atoms with Gasteiger partial charge in [-0.25, -0.2) is 4.39 Å². The molecule has 2 amide bonds. The lowest BCUT2D eigenvalue weighted by Gasteiger charge is -2.21. The van der Waals surface area contributed by atoms with Crippen LogP contribution >= 0.6 is 11.6 Å². The molecule has 2 aromatic rings. The monoisotopic (exact) mass is 362 g/mol. The summed E-state index contributed by atoms with van der Waals surface area (Å²) in [5, 5.41) is 3.43. The summed E-state index contributed by atoms with van der Waals surface area (Å²) in [6.45, 7) is 2.59. The summed E-state index contributed by atoms with van der Waals surface area (Å²) in [5.74, 6) is -0.531. The van der Waals surface area contributed by atoms with Gasteiger partial charge in [-0.2, -0.15) is 0 Å². The predicted molar refractivity (Wildman–Crippen MR) is 95.7 cm³/mol. The topological polar surface area (TPSA) is 49.4 Å². The van der Waals surface area contributed by atoms with Crippen LogP contribution in [0.1, 0.15) is 18.1 Å². The summed E-state index contributed by atoms with van der Waals surface area (Å²) in [6.07, 6.45) is 0.259. The molecular weight excluding hydrogens is 343 g/mol. The number of nitrogens with one attached hydrogen (secondary N) is 1. The number of halogens is 2. The van der Waals surface area contributed by atoms with Gasteiger partial charge in [0.15, 0.2) is 0 Å². The average molecular weight is 363 g/mol. The number of carbonyl (C=O) groups excluding carboxylic acids is 2. The number of carbonyl (C=O) groups is 2. The second kappa shape index (κ2) is 9.18. The Hall–Kier alpha value is -2.40. The van der Waals surface area contributed by atoms with Gasteiger partial charge in [0, 0.05) is 31.6 Å². The fourth-order valence-corrected chi connectivity index (χ4v) is 2.46. The smallest absolute Gasteiger partial charge is 0.224 e. The number of hydrogen-bond donors (Lipinski definition) is 1. The molecule has 0 aliphatic rings. The number of hydrogen-bond acceptors (Lipinski definition) is 2. The molecule has 0 aliphatic heterocycles. The third-order valence-electron chi connectivity index (χ3n) is 3.71. The maximum Gasteiger partial charge on any atom is 0.224 e. The van der Waals surface area contributed by atoms with Crippen LogP contribution in [0, 0.1) is 5.82 Å². The van der Waals surface area contributed by atoms with Gasteiger partial charge in [-0.15, -0.1) is 0 Å². The molecule has 0 fully saturated rings. The zero-order chi connectivity index (χ0) is 18.2. The number of rotatable bonds is 7. The molecule has 0 aliphatic carbocycles. The van der Waals surface area contributed by atoms with Crippen molar-refractivity contribution in [1.29, 1.82) is 0 Å². The van der Waals surface area contributed by atoms with Gasteiger partial charge in [0.1, 0.15) is 5.82 Å². The van der Waals surface area contributed by atoms with Crippen LogP contribution in [0.4, 0.5) is 4.39 Å². The highest BCUT2D eigenvalue weighted by Gasteiger charge is 2.10. The lowest BCUT2D eigenvalue weighted by molar-refractivity contribution is -0.130. The largest absolute Gasteiger partial charge is 0.354 e. The highest BCUT2D eigenvalue weighted by molar-refractivity contribution is 6.30. The van der Waals surface area contributed by atoms with Crippen molar-refractivity contribution < 1.29 is 14.0 Å². The van der Waals surface area contributed by atoms with E-state index in [-0.39, 0.29) is 24.1 Å². The lowest BCUT2D eigenvalue weighted by Crippen LogP contribution is -2.37. The van der Waals surface area contributed by atoms with E-state index in [1.165, 1.54) is 19.1 Å². The molecule has 0 bridgehead atoms. The highest BCUT2D eigenvalue weighted by atomic mass is 35.5. The summed E-state index contributed by atoms with van der Waals surface area (Å²) in [7, 11) is 0. The Balaban J connectivity index is 1.80. The van der Waals surface area contributed by atoms with E-state index in [1.54, 1.807) is 41.3 Å². The van der Waals surface area contributed by atoms with Crippen molar-refractivity contribution in [3.8, 4) is 0 Å². The first-order chi connectivity index (χ1) is 11.9. The Bertz CT molecular complexity index is 717. The van der Waals surface area contributed by atoms with Crippen LogP contribution in [0.5, 0.6) is 0 Å². The Morgan fingerprint density at radius 1 is 1.04 bits per heavy atom. The summed E-state index contributed by atoms with van der Waals surface area (Å²) < 4.78 is 12.9. The molecule has 2 aromatic carbocycles. The molecule has 0 spiro atoms. The van der Waals surface area contributed by atoms with E-state index < -0.39 is 0 Å². The van der Waals surface area contributed by atoms with Crippen LogP contribution in [-0.4, -0.2) is 29.8 Å². The van der Waals surface area contributed by atoms with Gasteiger partial charge in [0.05, 0.1) is 6.42 Å². The SMILES string of the molecule is CC(=O)N(CCNC(=O)Cc1ccc(Cl)cc1)Cc1ccc(F)cc1. The van der Waals surface area contributed by atoms with Crippen LogP contribution in [0.3, 0.4) is 0 Å². The van der Waals surface area contributed by atoms with Gasteiger partial charge in [0.25, 0.3) is 0 Å². The van der Waals surface area contributed by atoms with Crippen molar-refractivity contribution in [3.63, 3.8) is 0 Å². The van der Waals surface area contributed by atoms with Crippen LogP contribution in [-0.2, 0) is 22.6 Å². The summed E-state index contributed by atoms with van der Waals surface area (Å²) in [4.78, 5) is 25.3. The predicted octanol–water partition coefficient (Wildman–Crippen LogP) is 3.19. The van der Waals surface area contributed by atoms with Gasteiger partial charge in [-0.05, 0) is 35.4 Å². The molecule has 0 radical (unpaired) electrons. The zero-order valence-corrected chi connectivity index (χ0v) is 14.7. The van der Waals surface area contributed by atoms with Crippen LogP contribution in [0.15, 0.2) is 48.5 Å². The normalized spacial score (nSPS) is 10.4. The molecule has 0 atom stereocenters. The molecule has 0 saturated heterocycles. The molecular formula is C19H20ClFN2O2. The quantitative estimate of drug-likeness (QED) is 0.822. The molecule has 6 heteroatoms. The van der Waals surface area contributed by atoms with Crippen LogP contribution in [0.25, 0.3) is 0 Å². The van der Waals surface area contributed by atoms with Crippen molar-refractivity contribution in [3.05, 3.63) is 70.5 Å². The second-order valence-electron chi connectivity index (χ2n) is 5.72. The first-order valence-electron chi connectivity index (χ1n) is 7.95. The minimum Gasteiger partial charge on any atom is -0.354 e. The molecule has 25 heavy (non-hydrogen) atoms. The van der Waals surface area contributed by atoms with Gasteiger partial charge in [-0.1, -0.05) is 35.9 Å². The van der Waals surface area contributed by atoms with Crippen LogP contribution < -0.4 is 5.32 Å². The van der Waals surface area contributed by atoms with Crippen molar-refractivity contribution >= 4 is 23.4 Å². The Labute approximate surface area is 151 Å². The molecule has 1 N–H and O–H groups in total. The summed E-state index contributed by atoms with van der Waals surface area (Å²) in [5.41, 5.74) is 1.71. The number of nitrogens with zero attached hydrogens (tertiary/aromatic N) is 1. The maximum atomic E-state index is 12.9. The van der Waals surface area contributed by atoms with E-state index in [1.807, 2.05) is 0 Å². The molecule has 0 saturated carbocycles. The molecule has 4 nitrogen and oxygen atoms in total. The van der Waals surface area contributed by atoms with Crippen molar-refractivity contribution in [2.75, 3.05) is 13.1 Å². The van der Waals surface area contributed by atoms with E-state index in [9.17, 15) is 14.0 Å². The number of benzene rings is 2. The van der Waals surface area contributed by atoms with E-state index >= 15 is 0 Å².